The number of amides is 2. The molecule has 0 aliphatic rings. The van der Waals surface area contributed by atoms with Crippen molar-refractivity contribution in [1.82, 2.24) is 5.32 Å². The summed E-state index contributed by atoms with van der Waals surface area (Å²) in [7, 11) is 1.51. The molecule has 0 heterocycles. The molecule has 2 N–H and O–H groups in total. The number of urea groups is 1. The normalized spacial score (nSPS) is 11.0. The summed E-state index contributed by atoms with van der Waals surface area (Å²) >= 11 is 0. The van der Waals surface area contributed by atoms with E-state index in [0.717, 1.165) is 17.7 Å². The van der Waals surface area contributed by atoms with E-state index in [0.29, 0.717) is 5.75 Å². The minimum absolute atomic E-state index is 0.0563. The number of rotatable bonds is 6. The van der Waals surface area contributed by atoms with E-state index in [-0.39, 0.29) is 24.6 Å². The molecule has 8 heteroatoms. The van der Waals surface area contributed by atoms with Crippen molar-refractivity contribution in [3.63, 3.8) is 0 Å². The number of anilines is 1. The van der Waals surface area contributed by atoms with E-state index in [1.807, 2.05) is 0 Å². The van der Waals surface area contributed by atoms with Crippen LogP contribution in [-0.2, 0) is 12.7 Å². The Morgan fingerprint density at radius 3 is 2.50 bits per heavy atom. The fourth-order valence-corrected chi connectivity index (χ4v) is 2.28. The van der Waals surface area contributed by atoms with Gasteiger partial charge in [0.2, 0.25) is 0 Å². The Balaban J connectivity index is 2.11. The number of carbonyl (C=O) groups is 1. The summed E-state index contributed by atoms with van der Waals surface area (Å²) in [6.45, 7) is 2.10. The van der Waals surface area contributed by atoms with Crippen LogP contribution in [0.3, 0.4) is 0 Å². The number of ether oxygens (including phenoxy) is 2. The van der Waals surface area contributed by atoms with Crippen molar-refractivity contribution in [1.29, 1.82) is 0 Å². The lowest BCUT2D eigenvalue weighted by Crippen LogP contribution is -2.28. The first kappa shape index (κ1) is 19.4. The summed E-state index contributed by atoms with van der Waals surface area (Å²) in [6, 6.07) is 9.37. The summed E-state index contributed by atoms with van der Waals surface area (Å²) in [5.74, 6) is 0.759. The number of carbonyl (C=O) groups excluding carboxylic acids is 1. The highest BCUT2D eigenvalue weighted by atomic mass is 19.4. The second-order valence-corrected chi connectivity index (χ2v) is 5.26. The molecule has 0 radical (unpaired) electrons. The van der Waals surface area contributed by atoms with Crippen LogP contribution in [0.1, 0.15) is 18.1 Å². The largest absolute Gasteiger partial charge is 0.496 e. The highest BCUT2D eigenvalue weighted by Crippen LogP contribution is 2.35. The summed E-state index contributed by atoms with van der Waals surface area (Å²) < 4.78 is 49.1. The van der Waals surface area contributed by atoms with Crippen LogP contribution in [0.15, 0.2) is 42.5 Å². The van der Waals surface area contributed by atoms with Gasteiger partial charge in [0.05, 0.1) is 25.0 Å². The lowest BCUT2D eigenvalue weighted by molar-refractivity contribution is -0.137. The summed E-state index contributed by atoms with van der Waals surface area (Å²) in [6.07, 6.45) is -4.52. The van der Waals surface area contributed by atoms with Crippen LogP contribution in [-0.4, -0.2) is 19.7 Å². The predicted molar refractivity (Wildman–Crippen MR) is 91.5 cm³/mol. The summed E-state index contributed by atoms with van der Waals surface area (Å²) in [5, 5.41) is 4.98. The van der Waals surface area contributed by atoms with Gasteiger partial charge in [0.15, 0.2) is 0 Å². The van der Waals surface area contributed by atoms with Crippen molar-refractivity contribution in [3.05, 3.63) is 53.6 Å². The van der Waals surface area contributed by atoms with Gasteiger partial charge in [-0.15, -0.1) is 0 Å². The molecule has 0 aromatic heterocycles. The van der Waals surface area contributed by atoms with E-state index in [9.17, 15) is 18.0 Å². The lowest BCUT2D eigenvalue weighted by atomic mass is 10.1. The van der Waals surface area contributed by atoms with E-state index < -0.39 is 17.8 Å². The van der Waals surface area contributed by atoms with Gasteiger partial charge in [0.25, 0.3) is 0 Å². The molecule has 2 amide bonds. The Morgan fingerprint density at radius 2 is 1.85 bits per heavy atom. The van der Waals surface area contributed by atoms with E-state index in [2.05, 4.69) is 10.6 Å². The zero-order valence-corrected chi connectivity index (χ0v) is 14.3. The van der Waals surface area contributed by atoms with E-state index in [4.69, 9.17) is 9.47 Å². The lowest BCUT2D eigenvalue weighted by Gasteiger charge is -2.15. The fraction of sp³-hybridized carbons (Fsp3) is 0.278. The van der Waals surface area contributed by atoms with Crippen LogP contribution in [0.5, 0.6) is 11.5 Å². The van der Waals surface area contributed by atoms with Crippen molar-refractivity contribution < 1.29 is 27.4 Å². The Labute approximate surface area is 149 Å². The maximum absolute atomic E-state index is 12.9. The zero-order chi connectivity index (χ0) is 19.2. The molecule has 0 unspecified atom stereocenters. The monoisotopic (exact) mass is 368 g/mol. The second kappa shape index (κ2) is 8.46. The molecule has 0 spiro atoms. The average molecular weight is 368 g/mol. The number of halogens is 3. The maximum Gasteiger partial charge on any atom is 0.416 e. The molecule has 0 saturated heterocycles. The Bertz CT molecular complexity index is 764. The van der Waals surface area contributed by atoms with E-state index in [1.54, 1.807) is 31.2 Å². The quantitative estimate of drug-likeness (QED) is 0.793. The molecule has 2 rings (SSSR count). The molecule has 0 atom stereocenters. The zero-order valence-electron chi connectivity index (χ0n) is 14.3. The van der Waals surface area contributed by atoms with Gasteiger partial charge in [-0.3, -0.25) is 0 Å². The number of hydrogen-bond acceptors (Lipinski definition) is 3. The van der Waals surface area contributed by atoms with Crippen LogP contribution >= 0.6 is 0 Å². The molecule has 0 aliphatic heterocycles. The van der Waals surface area contributed by atoms with Crippen LogP contribution in [0.2, 0.25) is 0 Å². The third kappa shape index (κ3) is 5.05. The summed E-state index contributed by atoms with van der Waals surface area (Å²) in [4.78, 5) is 12.1. The van der Waals surface area contributed by atoms with Gasteiger partial charge in [0, 0.05) is 12.1 Å². The Hall–Kier alpha value is -2.90. The van der Waals surface area contributed by atoms with Crippen molar-refractivity contribution in [2.45, 2.75) is 19.6 Å². The summed E-state index contributed by atoms with van der Waals surface area (Å²) in [5.41, 5.74) is -0.195. The topological polar surface area (TPSA) is 59.6 Å². The fourth-order valence-electron chi connectivity index (χ4n) is 2.28. The van der Waals surface area contributed by atoms with Gasteiger partial charge in [-0.05, 0) is 31.2 Å². The SMILES string of the molecule is CCOc1ccc(C(F)(F)F)cc1NC(=O)NCc1ccccc1OC. The third-order valence-electron chi connectivity index (χ3n) is 3.49. The van der Waals surface area contributed by atoms with Gasteiger partial charge in [-0.2, -0.15) is 13.2 Å². The van der Waals surface area contributed by atoms with Crippen LogP contribution in [0.25, 0.3) is 0 Å². The molecule has 2 aromatic carbocycles. The van der Waals surface area contributed by atoms with Crippen molar-refractivity contribution in [2.24, 2.45) is 0 Å². The molecule has 0 aliphatic carbocycles. The second-order valence-electron chi connectivity index (χ2n) is 5.26. The number of hydrogen-bond donors (Lipinski definition) is 2. The molecular weight excluding hydrogens is 349 g/mol. The first-order valence-electron chi connectivity index (χ1n) is 7.86. The number of methoxy groups -OCH3 is 1. The number of nitrogens with one attached hydrogen (secondary N) is 2. The van der Waals surface area contributed by atoms with Gasteiger partial charge >= 0.3 is 12.2 Å². The number of alkyl halides is 3. The molecule has 140 valence electrons. The van der Waals surface area contributed by atoms with Crippen molar-refractivity contribution >= 4 is 11.7 Å². The highest BCUT2D eigenvalue weighted by Gasteiger charge is 2.31. The molecular formula is C18H19F3N2O3. The minimum Gasteiger partial charge on any atom is -0.496 e. The standard InChI is InChI=1S/C18H19F3N2O3/c1-3-26-16-9-8-13(18(19,20)21)10-14(16)23-17(24)22-11-12-6-4-5-7-15(12)25-2/h4-10H,3,11H2,1-2H3,(H2,22,23,24). The predicted octanol–water partition coefficient (Wildman–Crippen LogP) is 4.43. The molecule has 0 saturated carbocycles. The first-order chi connectivity index (χ1) is 12.3. The van der Waals surface area contributed by atoms with E-state index >= 15 is 0 Å². The Kier molecular flexibility index (Phi) is 6.32. The van der Waals surface area contributed by atoms with Gasteiger partial charge < -0.3 is 20.1 Å². The smallest absolute Gasteiger partial charge is 0.416 e. The average Bonchev–Trinajstić information content (AvgIpc) is 2.61. The van der Waals surface area contributed by atoms with Gasteiger partial charge in [-0.25, -0.2) is 4.79 Å². The molecule has 26 heavy (non-hydrogen) atoms. The Morgan fingerprint density at radius 1 is 1.12 bits per heavy atom. The minimum atomic E-state index is -4.52. The third-order valence-corrected chi connectivity index (χ3v) is 3.49. The van der Waals surface area contributed by atoms with Crippen molar-refractivity contribution in [3.8, 4) is 11.5 Å². The van der Waals surface area contributed by atoms with Crippen LogP contribution in [0.4, 0.5) is 23.7 Å². The molecule has 0 fully saturated rings. The maximum atomic E-state index is 12.9. The first-order valence-corrected chi connectivity index (χ1v) is 7.86. The molecule has 0 bridgehead atoms. The number of benzene rings is 2. The number of para-hydroxylation sites is 1. The van der Waals surface area contributed by atoms with E-state index in [1.165, 1.54) is 13.2 Å². The van der Waals surface area contributed by atoms with Gasteiger partial charge in [0.1, 0.15) is 11.5 Å². The van der Waals surface area contributed by atoms with Gasteiger partial charge in [-0.1, -0.05) is 18.2 Å². The van der Waals surface area contributed by atoms with Crippen LogP contribution < -0.4 is 20.1 Å². The highest BCUT2D eigenvalue weighted by molar-refractivity contribution is 5.91. The molecule has 5 nitrogen and oxygen atoms in total. The molecule has 2 aromatic rings. The van der Waals surface area contributed by atoms with Crippen LogP contribution in [0, 0.1) is 0 Å². The van der Waals surface area contributed by atoms with Crippen molar-refractivity contribution in [2.75, 3.05) is 19.0 Å².